The van der Waals surface area contributed by atoms with Gasteiger partial charge in [-0.2, -0.15) is 0 Å². The molecule has 1 aromatic rings. The second-order valence-corrected chi connectivity index (χ2v) is 3.99. The van der Waals surface area contributed by atoms with E-state index in [1.807, 2.05) is 6.92 Å². The van der Waals surface area contributed by atoms with Crippen LogP contribution in [0.5, 0.6) is 0 Å². The molecule has 4 nitrogen and oxygen atoms in total. The van der Waals surface area contributed by atoms with E-state index in [0.29, 0.717) is 0 Å². The molecule has 15 heavy (non-hydrogen) atoms. The molecule has 1 saturated heterocycles. The van der Waals surface area contributed by atoms with Crippen molar-refractivity contribution in [2.24, 2.45) is 0 Å². The van der Waals surface area contributed by atoms with E-state index in [2.05, 4.69) is 14.9 Å². The number of aliphatic hydroxyl groups excluding tert-OH is 1. The Hall–Kier alpha value is -1.16. The van der Waals surface area contributed by atoms with Crippen LogP contribution in [0.3, 0.4) is 0 Å². The van der Waals surface area contributed by atoms with Gasteiger partial charge in [0.25, 0.3) is 0 Å². The fraction of sp³-hybridized carbons (Fsp3) is 0.636. The minimum absolute atomic E-state index is 0.204. The number of anilines is 1. The first kappa shape index (κ1) is 10.4. The fourth-order valence-electron chi connectivity index (χ4n) is 2.15. The molecule has 1 aromatic heterocycles. The lowest BCUT2D eigenvalue weighted by Gasteiger charge is -2.35. The van der Waals surface area contributed by atoms with Crippen molar-refractivity contribution in [3.63, 3.8) is 0 Å². The maximum absolute atomic E-state index is 9.32. The third-order valence-corrected chi connectivity index (χ3v) is 2.97. The van der Waals surface area contributed by atoms with Crippen LogP contribution >= 0.6 is 0 Å². The lowest BCUT2D eigenvalue weighted by Crippen LogP contribution is -2.42. The summed E-state index contributed by atoms with van der Waals surface area (Å²) in [4.78, 5) is 10.8. The maximum atomic E-state index is 9.32. The molecule has 0 saturated carbocycles. The van der Waals surface area contributed by atoms with Gasteiger partial charge in [-0.25, -0.2) is 4.98 Å². The van der Waals surface area contributed by atoms with Crippen molar-refractivity contribution in [2.45, 2.75) is 32.2 Å². The van der Waals surface area contributed by atoms with Crippen molar-refractivity contribution in [2.75, 3.05) is 18.1 Å². The molecule has 4 heteroatoms. The van der Waals surface area contributed by atoms with E-state index >= 15 is 0 Å². The maximum Gasteiger partial charge on any atom is 0.150 e. The second-order valence-electron chi connectivity index (χ2n) is 3.99. The zero-order chi connectivity index (χ0) is 10.7. The van der Waals surface area contributed by atoms with Gasteiger partial charge in [-0.3, -0.25) is 4.98 Å². The van der Waals surface area contributed by atoms with E-state index in [-0.39, 0.29) is 12.6 Å². The first-order valence-electron chi connectivity index (χ1n) is 5.48. The zero-order valence-corrected chi connectivity index (χ0v) is 9.06. The highest BCUT2D eigenvalue weighted by molar-refractivity contribution is 5.43. The standard InChI is InChI=1S/C11H17N3O/c1-9-11(13-6-5-12-9)14-7-3-2-4-10(14)8-15/h5-6,10,15H,2-4,7-8H2,1H3/t10-/m1/s1. The van der Waals surface area contributed by atoms with Gasteiger partial charge in [-0.1, -0.05) is 0 Å². The van der Waals surface area contributed by atoms with Crippen LogP contribution in [0.25, 0.3) is 0 Å². The molecule has 0 spiro atoms. The van der Waals surface area contributed by atoms with Gasteiger partial charge in [-0.05, 0) is 26.2 Å². The number of aromatic nitrogens is 2. The van der Waals surface area contributed by atoms with E-state index in [1.54, 1.807) is 12.4 Å². The van der Waals surface area contributed by atoms with Crippen LogP contribution in [0.2, 0.25) is 0 Å². The van der Waals surface area contributed by atoms with Crippen LogP contribution in [0.4, 0.5) is 5.82 Å². The van der Waals surface area contributed by atoms with Crippen molar-refractivity contribution in [1.29, 1.82) is 0 Å². The fourth-order valence-corrected chi connectivity index (χ4v) is 2.15. The summed E-state index contributed by atoms with van der Waals surface area (Å²) in [5, 5.41) is 9.32. The Morgan fingerprint density at radius 3 is 2.93 bits per heavy atom. The van der Waals surface area contributed by atoms with Crippen molar-refractivity contribution in [1.82, 2.24) is 9.97 Å². The highest BCUT2D eigenvalue weighted by atomic mass is 16.3. The first-order valence-corrected chi connectivity index (χ1v) is 5.48. The van der Waals surface area contributed by atoms with E-state index in [1.165, 1.54) is 12.8 Å². The number of nitrogens with zero attached hydrogens (tertiary/aromatic N) is 3. The van der Waals surface area contributed by atoms with Crippen molar-refractivity contribution >= 4 is 5.82 Å². The SMILES string of the molecule is Cc1nccnc1N1CCCC[C@@H]1CO. The summed E-state index contributed by atoms with van der Waals surface area (Å²) in [5.41, 5.74) is 0.942. The molecule has 1 N–H and O–H groups in total. The summed E-state index contributed by atoms with van der Waals surface area (Å²) < 4.78 is 0. The largest absolute Gasteiger partial charge is 0.394 e. The molecular formula is C11H17N3O. The van der Waals surface area contributed by atoms with E-state index < -0.39 is 0 Å². The molecule has 82 valence electrons. The highest BCUT2D eigenvalue weighted by Gasteiger charge is 2.23. The normalized spacial score (nSPS) is 21.7. The predicted octanol–water partition coefficient (Wildman–Crippen LogP) is 1.14. The van der Waals surface area contributed by atoms with Crippen LogP contribution < -0.4 is 4.90 Å². The minimum Gasteiger partial charge on any atom is -0.394 e. The second kappa shape index (κ2) is 4.57. The number of aryl methyl sites for hydroxylation is 1. The summed E-state index contributed by atoms with van der Waals surface area (Å²) in [6.07, 6.45) is 6.84. The van der Waals surface area contributed by atoms with Crippen LogP contribution in [0, 0.1) is 6.92 Å². The Morgan fingerprint density at radius 1 is 1.40 bits per heavy atom. The molecule has 1 atom stereocenters. The van der Waals surface area contributed by atoms with Crippen molar-refractivity contribution in [3.8, 4) is 0 Å². The Bertz CT molecular complexity index is 329. The van der Waals surface area contributed by atoms with E-state index in [4.69, 9.17) is 0 Å². The summed E-state index contributed by atoms with van der Waals surface area (Å²) in [6, 6.07) is 0.217. The average molecular weight is 207 g/mol. The summed E-state index contributed by atoms with van der Waals surface area (Å²) in [7, 11) is 0. The van der Waals surface area contributed by atoms with Crippen LogP contribution in [-0.2, 0) is 0 Å². The van der Waals surface area contributed by atoms with Gasteiger partial charge >= 0.3 is 0 Å². The minimum atomic E-state index is 0.204. The van der Waals surface area contributed by atoms with Crippen molar-refractivity contribution < 1.29 is 5.11 Å². The number of rotatable bonds is 2. The quantitative estimate of drug-likeness (QED) is 0.790. The Balaban J connectivity index is 2.24. The molecule has 1 aliphatic heterocycles. The van der Waals surface area contributed by atoms with Crippen LogP contribution in [-0.4, -0.2) is 34.3 Å². The summed E-state index contributed by atoms with van der Waals surface area (Å²) in [5.74, 6) is 0.927. The number of hydrogen-bond acceptors (Lipinski definition) is 4. The number of piperidine rings is 1. The molecule has 2 rings (SSSR count). The molecule has 0 aromatic carbocycles. The predicted molar refractivity (Wildman–Crippen MR) is 58.8 cm³/mol. The third-order valence-electron chi connectivity index (χ3n) is 2.97. The molecule has 0 aliphatic carbocycles. The summed E-state index contributed by atoms with van der Waals surface area (Å²) in [6.45, 7) is 3.14. The van der Waals surface area contributed by atoms with Crippen LogP contribution in [0.15, 0.2) is 12.4 Å². The van der Waals surface area contributed by atoms with Crippen molar-refractivity contribution in [3.05, 3.63) is 18.1 Å². The van der Waals surface area contributed by atoms with Gasteiger partial charge < -0.3 is 10.0 Å². The van der Waals surface area contributed by atoms with Crippen LogP contribution in [0.1, 0.15) is 25.0 Å². The molecular weight excluding hydrogens is 190 g/mol. The Kier molecular flexibility index (Phi) is 3.16. The van der Waals surface area contributed by atoms with E-state index in [0.717, 1.165) is 24.5 Å². The topological polar surface area (TPSA) is 49.2 Å². The summed E-state index contributed by atoms with van der Waals surface area (Å²) >= 11 is 0. The molecule has 0 amide bonds. The molecule has 0 unspecified atom stereocenters. The lowest BCUT2D eigenvalue weighted by atomic mass is 10.0. The lowest BCUT2D eigenvalue weighted by molar-refractivity contribution is 0.239. The Labute approximate surface area is 90.0 Å². The molecule has 1 fully saturated rings. The first-order chi connectivity index (χ1) is 7.33. The molecule has 0 bridgehead atoms. The third kappa shape index (κ3) is 2.09. The number of hydrogen-bond donors (Lipinski definition) is 1. The molecule has 0 radical (unpaired) electrons. The monoisotopic (exact) mass is 207 g/mol. The van der Waals surface area contributed by atoms with Gasteiger partial charge in [0.05, 0.1) is 18.3 Å². The van der Waals surface area contributed by atoms with Gasteiger partial charge in [0.1, 0.15) is 5.82 Å². The van der Waals surface area contributed by atoms with Gasteiger partial charge in [0.15, 0.2) is 0 Å². The van der Waals surface area contributed by atoms with Gasteiger partial charge in [0.2, 0.25) is 0 Å². The highest BCUT2D eigenvalue weighted by Crippen LogP contribution is 2.24. The van der Waals surface area contributed by atoms with Gasteiger partial charge in [0, 0.05) is 18.9 Å². The average Bonchev–Trinajstić information content (AvgIpc) is 2.30. The van der Waals surface area contributed by atoms with Gasteiger partial charge in [-0.15, -0.1) is 0 Å². The zero-order valence-electron chi connectivity index (χ0n) is 9.06. The Morgan fingerprint density at radius 2 is 2.20 bits per heavy atom. The number of aliphatic hydroxyl groups is 1. The smallest absolute Gasteiger partial charge is 0.150 e. The van der Waals surface area contributed by atoms with E-state index in [9.17, 15) is 5.11 Å². The molecule has 2 heterocycles. The molecule has 1 aliphatic rings.